The summed E-state index contributed by atoms with van der Waals surface area (Å²) < 4.78 is 0. The molecule has 1 heterocycles. The largest absolute Gasteiger partial charge is 0.324 e. The van der Waals surface area contributed by atoms with Crippen LogP contribution >= 0.6 is 23.2 Å². The fraction of sp³-hybridized carbons (Fsp3) is 0.286. The van der Waals surface area contributed by atoms with Gasteiger partial charge in [-0.2, -0.15) is 0 Å². The Bertz CT molecular complexity index is 1160. The van der Waals surface area contributed by atoms with E-state index in [1.54, 1.807) is 23.1 Å². The zero-order valence-corrected chi connectivity index (χ0v) is 20.7. The smallest absolute Gasteiger partial charge is 0.254 e. The topological polar surface area (TPSA) is 49.4 Å². The summed E-state index contributed by atoms with van der Waals surface area (Å²) in [7, 11) is 0. The maximum atomic E-state index is 13.5. The summed E-state index contributed by atoms with van der Waals surface area (Å²) in [5.74, 6) is -0.486. The van der Waals surface area contributed by atoms with Crippen molar-refractivity contribution in [3.8, 4) is 0 Å². The molecule has 0 spiro atoms. The summed E-state index contributed by atoms with van der Waals surface area (Å²) in [5.41, 5.74) is 4.45. The lowest BCUT2D eigenvalue weighted by atomic mass is 9.92. The van der Waals surface area contributed by atoms with Gasteiger partial charge in [0.15, 0.2) is 0 Å². The number of rotatable bonds is 7. The van der Waals surface area contributed by atoms with E-state index in [1.807, 2.05) is 36.4 Å². The number of unbranched alkanes of at least 4 members (excludes halogenated alkanes) is 2. The highest BCUT2D eigenvalue weighted by Gasteiger charge is 2.35. The number of halogens is 2. The van der Waals surface area contributed by atoms with Crippen LogP contribution in [0.4, 0.5) is 5.69 Å². The van der Waals surface area contributed by atoms with Crippen LogP contribution in [0, 0.1) is 0 Å². The van der Waals surface area contributed by atoms with Crippen LogP contribution in [-0.2, 0) is 24.2 Å². The molecule has 0 saturated heterocycles. The monoisotopic (exact) mass is 494 g/mol. The number of hydrogen-bond donors (Lipinski definition) is 1. The van der Waals surface area contributed by atoms with E-state index < -0.39 is 6.04 Å². The van der Waals surface area contributed by atoms with Gasteiger partial charge in [-0.15, -0.1) is 0 Å². The van der Waals surface area contributed by atoms with Gasteiger partial charge in [0.25, 0.3) is 5.91 Å². The van der Waals surface area contributed by atoms with Gasteiger partial charge in [0, 0.05) is 34.3 Å². The van der Waals surface area contributed by atoms with Crippen LogP contribution < -0.4 is 5.32 Å². The third-order valence-corrected chi connectivity index (χ3v) is 6.65. The maximum Gasteiger partial charge on any atom is 0.254 e. The molecular weight excluding hydrogens is 467 g/mol. The number of nitrogens with one attached hydrogen (secondary N) is 1. The number of hydrogen-bond acceptors (Lipinski definition) is 2. The van der Waals surface area contributed by atoms with Gasteiger partial charge in [0.1, 0.15) is 6.04 Å². The number of fused-ring (bicyclic) bond motifs is 1. The maximum absolute atomic E-state index is 13.5. The van der Waals surface area contributed by atoms with Gasteiger partial charge in [-0.1, -0.05) is 79.4 Å². The van der Waals surface area contributed by atoms with E-state index in [2.05, 4.69) is 24.4 Å². The van der Waals surface area contributed by atoms with E-state index in [0.717, 1.165) is 29.7 Å². The first-order valence-electron chi connectivity index (χ1n) is 11.7. The van der Waals surface area contributed by atoms with E-state index in [4.69, 9.17) is 23.2 Å². The van der Waals surface area contributed by atoms with E-state index in [9.17, 15) is 9.59 Å². The minimum atomic E-state index is -0.649. The Labute approximate surface area is 210 Å². The van der Waals surface area contributed by atoms with Crippen LogP contribution in [0.25, 0.3) is 0 Å². The lowest BCUT2D eigenvalue weighted by Gasteiger charge is -2.36. The molecular formula is C28H28Cl2N2O2. The molecule has 3 aromatic carbocycles. The fourth-order valence-electron chi connectivity index (χ4n) is 4.37. The molecule has 1 atom stereocenters. The number of benzene rings is 3. The third-order valence-electron chi connectivity index (χ3n) is 6.21. The highest BCUT2D eigenvalue weighted by Crippen LogP contribution is 2.28. The van der Waals surface area contributed by atoms with Gasteiger partial charge in [0.05, 0.1) is 0 Å². The average Bonchev–Trinajstić information content (AvgIpc) is 2.83. The second kappa shape index (κ2) is 11.1. The molecule has 3 aromatic rings. The van der Waals surface area contributed by atoms with Gasteiger partial charge in [-0.25, -0.2) is 0 Å². The van der Waals surface area contributed by atoms with Gasteiger partial charge >= 0.3 is 0 Å². The second-order valence-electron chi connectivity index (χ2n) is 8.72. The molecule has 176 valence electrons. The summed E-state index contributed by atoms with van der Waals surface area (Å²) in [6.07, 6.45) is 5.04. The fourth-order valence-corrected chi connectivity index (χ4v) is 4.90. The van der Waals surface area contributed by atoms with Crippen LogP contribution in [0.3, 0.4) is 0 Å². The Kier molecular flexibility index (Phi) is 7.91. The zero-order chi connectivity index (χ0) is 24.1. The zero-order valence-electron chi connectivity index (χ0n) is 19.2. The summed E-state index contributed by atoms with van der Waals surface area (Å²) in [5, 5.41) is 3.78. The van der Waals surface area contributed by atoms with E-state index >= 15 is 0 Å². The molecule has 4 nitrogen and oxygen atoms in total. The molecule has 6 heteroatoms. The van der Waals surface area contributed by atoms with Gasteiger partial charge in [-0.3, -0.25) is 9.59 Å². The minimum absolute atomic E-state index is 0.213. The molecule has 0 fully saturated rings. The van der Waals surface area contributed by atoms with Gasteiger partial charge in [0.2, 0.25) is 5.91 Å². The number of amides is 2. The molecule has 0 aliphatic carbocycles. The van der Waals surface area contributed by atoms with Crippen LogP contribution in [0.2, 0.25) is 10.0 Å². The summed E-state index contributed by atoms with van der Waals surface area (Å²) in [4.78, 5) is 28.5. The van der Waals surface area contributed by atoms with Crippen molar-refractivity contribution in [1.29, 1.82) is 0 Å². The van der Waals surface area contributed by atoms with Crippen molar-refractivity contribution < 1.29 is 9.59 Å². The van der Waals surface area contributed by atoms with E-state index in [-0.39, 0.29) is 11.8 Å². The Morgan fingerprint density at radius 3 is 2.29 bits per heavy atom. The first-order chi connectivity index (χ1) is 16.4. The van der Waals surface area contributed by atoms with Gasteiger partial charge in [-0.05, 0) is 59.9 Å². The molecule has 0 bridgehead atoms. The molecule has 34 heavy (non-hydrogen) atoms. The predicted octanol–water partition coefficient (Wildman–Crippen LogP) is 6.93. The Morgan fingerprint density at radius 1 is 0.941 bits per heavy atom. The SMILES string of the molecule is CCCCCc1ccc(NC(=O)[C@@H]2Cc3ccccc3CN2C(=O)c2cc(Cl)cc(Cl)c2)cc1. The van der Waals surface area contributed by atoms with E-state index in [0.29, 0.717) is 28.6 Å². The second-order valence-corrected chi connectivity index (χ2v) is 9.60. The van der Waals surface area contributed by atoms with Crippen molar-refractivity contribution >= 4 is 40.7 Å². The molecule has 4 rings (SSSR count). The van der Waals surface area contributed by atoms with Crippen molar-refractivity contribution in [1.82, 2.24) is 4.90 Å². The molecule has 1 aliphatic heterocycles. The lowest BCUT2D eigenvalue weighted by molar-refractivity contribution is -0.121. The van der Waals surface area contributed by atoms with Crippen LogP contribution in [0.1, 0.15) is 53.2 Å². The van der Waals surface area contributed by atoms with Gasteiger partial charge < -0.3 is 10.2 Å². The van der Waals surface area contributed by atoms with E-state index in [1.165, 1.54) is 18.4 Å². The third kappa shape index (κ3) is 5.81. The standard InChI is InChI=1S/C28H28Cl2N2O2/c1-2-3-4-7-19-10-12-25(13-11-19)31-27(33)26-16-20-8-5-6-9-21(20)18-32(26)28(34)22-14-23(29)17-24(30)15-22/h5-6,8-15,17,26H,2-4,7,16,18H2,1H3,(H,31,33)/t26-/m0/s1. The normalized spacial score (nSPS) is 15.0. The number of carbonyl (C=O) groups is 2. The number of carbonyl (C=O) groups excluding carboxylic acids is 2. The first kappa shape index (κ1) is 24.3. The van der Waals surface area contributed by atoms with Crippen LogP contribution in [-0.4, -0.2) is 22.8 Å². The minimum Gasteiger partial charge on any atom is -0.324 e. The van der Waals surface area contributed by atoms with Crippen molar-refractivity contribution in [2.75, 3.05) is 5.32 Å². The van der Waals surface area contributed by atoms with Crippen molar-refractivity contribution in [3.63, 3.8) is 0 Å². The number of anilines is 1. The number of aryl methyl sites for hydroxylation is 1. The van der Waals surface area contributed by atoms with Crippen LogP contribution in [0.5, 0.6) is 0 Å². The molecule has 0 saturated carbocycles. The highest BCUT2D eigenvalue weighted by molar-refractivity contribution is 6.35. The molecule has 0 radical (unpaired) electrons. The molecule has 1 aliphatic rings. The van der Waals surface area contributed by atoms with Crippen molar-refractivity contribution in [2.45, 2.75) is 51.6 Å². The van der Waals surface area contributed by atoms with Crippen molar-refractivity contribution in [3.05, 3.63) is 99.0 Å². The summed E-state index contributed by atoms with van der Waals surface area (Å²) >= 11 is 12.3. The van der Waals surface area contributed by atoms with Crippen LogP contribution in [0.15, 0.2) is 66.7 Å². The predicted molar refractivity (Wildman–Crippen MR) is 139 cm³/mol. The summed E-state index contributed by atoms with van der Waals surface area (Å²) in [6, 6.07) is 20.0. The molecule has 0 unspecified atom stereocenters. The Balaban J connectivity index is 1.55. The molecule has 2 amide bonds. The number of nitrogens with zero attached hydrogens (tertiary/aromatic N) is 1. The van der Waals surface area contributed by atoms with Crippen molar-refractivity contribution in [2.24, 2.45) is 0 Å². The highest BCUT2D eigenvalue weighted by atomic mass is 35.5. The Morgan fingerprint density at radius 2 is 1.62 bits per heavy atom. The molecule has 0 aromatic heterocycles. The lowest BCUT2D eigenvalue weighted by Crippen LogP contribution is -2.50. The quantitative estimate of drug-likeness (QED) is 0.361. The first-order valence-corrected chi connectivity index (χ1v) is 12.4. The average molecular weight is 495 g/mol. The molecule has 1 N–H and O–H groups in total. The Hall–Kier alpha value is -2.82. The summed E-state index contributed by atoms with van der Waals surface area (Å²) in [6.45, 7) is 2.53.